The van der Waals surface area contributed by atoms with Gasteiger partial charge >= 0.3 is 0 Å². The van der Waals surface area contributed by atoms with E-state index in [1.165, 1.54) is 45.1 Å². The van der Waals surface area contributed by atoms with Crippen molar-refractivity contribution in [3.8, 4) is 5.75 Å². The number of hydrogen-bond donors (Lipinski definition) is 3. The second-order valence-electron chi connectivity index (χ2n) is 14.9. The third-order valence-electron chi connectivity index (χ3n) is 10.6. The van der Waals surface area contributed by atoms with Gasteiger partial charge in [0.15, 0.2) is 5.71 Å². The van der Waals surface area contributed by atoms with E-state index in [1.807, 2.05) is 24.3 Å². The summed E-state index contributed by atoms with van der Waals surface area (Å²) in [5.41, 5.74) is 10.1. The summed E-state index contributed by atoms with van der Waals surface area (Å²) in [6.45, 7) is 15.9. The molecule has 6 rings (SSSR count). The van der Waals surface area contributed by atoms with Gasteiger partial charge in [-0.05, 0) is 123 Å². The van der Waals surface area contributed by atoms with Crippen LogP contribution in [0.3, 0.4) is 0 Å². The number of hydrogen-bond acceptors (Lipinski definition) is 5. The molecule has 262 valence electrons. The van der Waals surface area contributed by atoms with E-state index in [1.54, 1.807) is 0 Å². The number of nitrogens with zero attached hydrogens (tertiary/aromatic N) is 2. The van der Waals surface area contributed by atoms with Crippen LogP contribution >= 0.6 is 37.9 Å². The highest BCUT2D eigenvalue weighted by Crippen LogP contribution is 2.49. The van der Waals surface area contributed by atoms with Crippen molar-refractivity contribution in [2.45, 2.75) is 112 Å². The third kappa shape index (κ3) is 7.31. The maximum atomic E-state index is 6.85. The minimum Gasteiger partial charge on any atom is -0.457 e. The number of anilines is 1. The van der Waals surface area contributed by atoms with Gasteiger partial charge in [0.2, 0.25) is 5.69 Å². The molecule has 0 amide bonds. The van der Waals surface area contributed by atoms with Crippen LogP contribution in [-0.4, -0.2) is 23.4 Å². The number of rotatable bonds is 11. The molecule has 0 unspecified atom stereocenters. The van der Waals surface area contributed by atoms with Gasteiger partial charge in [-0.15, -0.1) is 37.9 Å². The van der Waals surface area contributed by atoms with Gasteiger partial charge in [0.1, 0.15) is 18.1 Å². The SMILES string of the molecule is CCCCN1/C(=C/C=C2CCCC(C=CC3=[N+](CCCC)c4ccc(S)cc4C3(C)C)=C2Oc2ccc(S)cc2)C(C)(C)c2cc(S)ccc21. The van der Waals surface area contributed by atoms with Crippen molar-refractivity contribution in [1.29, 1.82) is 0 Å². The summed E-state index contributed by atoms with van der Waals surface area (Å²) >= 11 is 14.0. The van der Waals surface area contributed by atoms with Crippen LogP contribution in [0.25, 0.3) is 0 Å². The monoisotopic (exact) mass is 721 g/mol. The van der Waals surface area contributed by atoms with Crippen LogP contribution in [0.2, 0.25) is 0 Å². The molecule has 0 bridgehead atoms. The zero-order valence-corrected chi connectivity index (χ0v) is 33.3. The molecule has 3 nitrogen and oxygen atoms in total. The number of ether oxygens (including phenoxy) is 1. The highest BCUT2D eigenvalue weighted by molar-refractivity contribution is 7.80. The van der Waals surface area contributed by atoms with E-state index in [0.29, 0.717) is 0 Å². The molecular formula is C44H53N2OS3+. The van der Waals surface area contributed by atoms with Crippen molar-refractivity contribution in [2.24, 2.45) is 0 Å². The Morgan fingerprint density at radius 3 is 2.16 bits per heavy atom. The lowest BCUT2D eigenvalue weighted by atomic mass is 9.81. The molecule has 3 aliphatic rings. The first-order valence-electron chi connectivity index (χ1n) is 18.3. The highest BCUT2D eigenvalue weighted by Gasteiger charge is 2.44. The molecule has 0 atom stereocenters. The molecule has 1 aliphatic carbocycles. The predicted molar refractivity (Wildman–Crippen MR) is 221 cm³/mol. The number of thiol groups is 3. The fourth-order valence-electron chi connectivity index (χ4n) is 7.78. The maximum absolute atomic E-state index is 6.85. The highest BCUT2D eigenvalue weighted by atomic mass is 32.1. The Bertz CT molecular complexity index is 1910. The summed E-state index contributed by atoms with van der Waals surface area (Å²) < 4.78 is 9.38. The first-order valence-corrected chi connectivity index (χ1v) is 19.7. The van der Waals surface area contributed by atoms with Gasteiger partial charge in [-0.3, -0.25) is 0 Å². The van der Waals surface area contributed by atoms with Crippen LogP contribution in [0.4, 0.5) is 11.4 Å². The Hall–Kier alpha value is -3.06. The van der Waals surface area contributed by atoms with Gasteiger partial charge in [-0.1, -0.05) is 46.6 Å². The van der Waals surface area contributed by atoms with E-state index in [2.05, 4.69) is 124 Å². The smallest absolute Gasteiger partial charge is 0.209 e. The van der Waals surface area contributed by atoms with Crippen LogP contribution in [0.15, 0.2) is 122 Å². The Labute approximate surface area is 317 Å². The Kier molecular flexibility index (Phi) is 11.2. The minimum absolute atomic E-state index is 0.141. The molecule has 2 heterocycles. The molecule has 0 saturated carbocycles. The number of benzene rings is 3. The standard InChI is InChI=1S/C44H52N2OS3/c1-7-9-26-45-38-22-20-34(49)28-36(38)43(3,4)40(45)24-14-30-12-11-13-31(42(30)47-32-16-18-33(48)19-17-32)15-25-41-44(5,6)37-29-35(50)21-23-39(37)46(41)27-10-8-2/h14-25,28-29H,7-13,26-27H2,1-6H3,(H2-,48,49,50)/p+1. The quantitative estimate of drug-likeness (QED) is 0.135. The molecule has 0 aromatic heterocycles. The molecule has 0 spiro atoms. The Balaban J connectivity index is 1.45. The zero-order chi connectivity index (χ0) is 35.6. The topological polar surface area (TPSA) is 15.5 Å². The predicted octanol–water partition coefficient (Wildman–Crippen LogP) is 12.2. The largest absolute Gasteiger partial charge is 0.457 e. The van der Waals surface area contributed by atoms with Crippen LogP contribution in [-0.2, 0) is 10.8 Å². The first-order chi connectivity index (χ1) is 23.9. The van der Waals surface area contributed by atoms with Gasteiger partial charge in [0.25, 0.3) is 0 Å². The number of fused-ring (bicyclic) bond motifs is 2. The summed E-state index contributed by atoms with van der Waals surface area (Å²) in [5.74, 6) is 1.80. The summed E-state index contributed by atoms with van der Waals surface area (Å²) in [6.07, 6.45) is 17.0. The van der Waals surface area contributed by atoms with Crippen molar-refractivity contribution in [1.82, 2.24) is 0 Å². The van der Waals surface area contributed by atoms with E-state index in [0.717, 1.165) is 84.2 Å². The van der Waals surface area contributed by atoms with Gasteiger partial charge in [-0.2, -0.15) is 4.58 Å². The van der Waals surface area contributed by atoms with Crippen LogP contribution in [0.1, 0.15) is 97.6 Å². The molecule has 0 radical (unpaired) electrons. The molecule has 6 heteroatoms. The van der Waals surface area contributed by atoms with Crippen LogP contribution < -0.4 is 9.64 Å². The van der Waals surface area contributed by atoms with Crippen molar-refractivity contribution in [3.63, 3.8) is 0 Å². The maximum Gasteiger partial charge on any atom is 0.209 e. The van der Waals surface area contributed by atoms with Crippen LogP contribution in [0, 0.1) is 0 Å². The van der Waals surface area contributed by atoms with E-state index in [4.69, 9.17) is 30.0 Å². The molecule has 0 fully saturated rings. The Morgan fingerprint density at radius 1 is 0.760 bits per heavy atom. The molecule has 50 heavy (non-hydrogen) atoms. The molecular weight excluding hydrogens is 669 g/mol. The van der Waals surface area contributed by atoms with Crippen molar-refractivity contribution >= 4 is 55.0 Å². The summed E-state index contributed by atoms with van der Waals surface area (Å²) in [6, 6.07) is 21.2. The Morgan fingerprint density at radius 2 is 1.44 bits per heavy atom. The average molecular weight is 722 g/mol. The molecule has 3 aromatic rings. The average Bonchev–Trinajstić information content (AvgIpc) is 3.43. The molecule has 0 N–H and O–H groups in total. The fraction of sp³-hybridized carbons (Fsp3) is 0.386. The van der Waals surface area contributed by atoms with E-state index in [9.17, 15) is 0 Å². The minimum atomic E-state index is -0.141. The summed E-state index contributed by atoms with van der Waals surface area (Å²) in [5, 5.41) is 0. The van der Waals surface area contributed by atoms with Crippen molar-refractivity contribution in [2.75, 3.05) is 18.0 Å². The van der Waals surface area contributed by atoms with Gasteiger partial charge < -0.3 is 9.64 Å². The molecule has 2 aliphatic heterocycles. The second kappa shape index (κ2) is 15.3. The molecule has 0 saturated heterocycles. The second-order valence-corrected chi connectivity index (χ2v) is 16.5. The van der Waals surface area contributed by atoms with Gasteiger partial charge in [0, 0.05) is 62.2 Å². The molecule has 3 aromatic carbocycles. The number of allylic oxidation sites excluding steroid dienone is 7. The summed E-state index contributed by atoms with van der Waals surface area (Å²) in [7, 11) is 0. The van der Waals surface area contributed by atoms with Crippen LogP contribution in [0.5, 0.6) is 5.75 Å². The first kappa shape index (κ1) is 36.7. The lowest BCUT2D eigenvalue weighted by Crippen LogP contribution is -2.28. The van der Waals surface area contributed by atoms with E-state index >= 15 is 0 Å². The summed E-state index contributed by atoms with van der Waals surface area (Å²) in [4.78, 5) is 5.46. The fourth-order valence-corrected chi connectivity index (χ4v) is 8.34. The van der Waals surface area contributed by atoms with E-state index < -0.39 is 0 Å². The van der Waals surface area contributed by atoms with Crippen molar-refractivity contribution in [3.05, 3.63) is 119 Å². The van der Waals surface area contributed by atoms with E-state index in [-0.39, 0.29) is 10.8 Å². The third-order valence-corrected chi connectivity index (χ3v) is 11.5. The van der Waals surface area contributed by atoms with Gasteiger partial charge in [0.05, 0.1) is 5.41 Å². The number of unbranched alkanes of at least 4 members (excludes halogenated alkanes) is 2. The zero-order valence-electron chi connectivity index (χ0n) is 30.6. The van der Waals surface area contributed by atoms with Gasteiger partial charge in [-0.25, -0.2) is 0 Å². The lowest BCUT2D eigenvalue weighted by molar-refractivity contribution is -0.438. The lowest BCUT2D eigenvalue weighted by Gasteiger charge is -2.27. The normalized spacial score (nSPS) is 19.7. The van der Waals surface area contributed by atoms with Crippen molar-refractivity contribution < 1.29 is 9.31 Å².